The summed E-state index contributed by atoms with van der Waals surface area (Å²) < 4.78 is 18.0. The number of rotatable bonds is 5. The summed E-state index contributed by atoms with van der Waals surface area (Å²) in [6.07, 6.45) is 0.0424. The van der Waals surface area contributed by atoms with E-state index in [0.29, 0.717) is 29.9 Å². The molecular formula is C25H22N4O3. The van der Waals surface area contributed by atoms with E-state index in [1.165, 1.54) is 0 Å². The first-order chi connectivity index (χ1) is 15.4. The summed E-state index contributed by atoms with van der Waals surface area (Å²) in [7, 11) is 0. The van der Waals surface area contributed by atoms with Crippen LogP contribution in [-0.4, -0.2) is 11.7 Å². The molecule has 0 aromatic heterocycles. The van der Waals surface area contributed by atoms with Crippen molar-refractivity contribution in [2.24, 2.45) is 16.7 Å². The minimum atomic E-state index is -1.97. The van der Waals surface area contributed by atoms with Crippen molar-refractivity contribution in [3.8, 4) is 29.7 Å². The minimum absolute atomic E-state index is 0.386. The van der Waals surface area contributed by atoms with Crippen molar-refractivity contribution in [3.63, 3.8) is 0 Å². The number of ether oxygens (including phenoxy) is 3. The van der Waals surface area contributed by atoms with Gasteiger partial charge in [0, 0.05) is 6.92 Å². The maximum absolute atomic E-state index is 10.3. The van der Waals surface area contributed by atoms with E-state index in [2.05, 4.69) is 18.2 Å². The van der Waals surface area contributed by atoms with Gasteiger partial charge in [0.15, 0.2) is 5.41 Å². The molecule has 4 rings (SSSR count). The highest BCUT2D eigenvalue weighted by Gasteiger charge is 2.79. The van der Waals surface area contributed by atoms with E-state index in [-0.39, 0.29) is 5.90 Å². The van der Waals surface area contributed by atoms with Gasteiger partial charge in [-0.1, -0.05) is 43.7 Å². The van der Waals surface area contributed by atoms with Gasteiger partial charge in [-0.2, -0.15) is 15.8 Å². The van der Waals surface area contributed by atoms with E-state index in [4.69, 9.17) is 19.6 Å². The van der Waals surface area contributed by atoms with Crippen molar-refractivity contribution in [2.75, 3.05) is 0 Å². The third-order valence-corrected chi connectivity index (χ3v) is 6.43. The van der Waals surface area contributed by atoms with Crippen molar-refractivity contribution in [1.82, 2.24) is 0 Å². The summed E-state index contributed by atoms with van der Waals surface area (Å²) in [4.78, 5) is 0. The van der Waals surface area contributed by atoms with Gasteiger partial charge in [-0.25, -0.2) is 0 Å². The van der Waals surface area contributed by atoms with Gasteiger partial charge in [-0.05, 0) is 36.2 Å². The van der Waals surface area contributed by atoms with Gasteiger partial charge in [-0.15, -0.1) is 0 Å². The van der Waals surface area contributed by atoms with Crippen molar-refractivity contribution in [2.45, 2.75) is 38.6 Å². The van der Waals surface area contributed by atoms with Gasteiger partial charge in [0.1, 0.15) is 17.6 Å². The second-order valence-corrected chi connectivity index (χ2v) is 8.23. The van der Waals surface area contributed by atoms with E-state index in [9.17, 15) is 15.8 Å². The first-order valence-corrected chi connectivity index (χ1v) is 10.4. The van der Waals surface area contributed by atoms with E-state index in [1.54, 1.807) is 31.2 Å². The van der Waals surface area contributed by atoms with Gasteiger partial charge in [0.05, 0.1) is 24.1 Å². The maximum atomic E-state index is 10.3. The molecule has 32 heavy (non-hydrogen) atoms. The molecule has 160 valence electrons. The molecule has 4 atom stereocenters. The quantitative estimate of drug-likeness (QED) is 0.698. The summed E-state index contributed by atoms with van der Waals surface area (Å²) in [5.74, 6) is -1.19. The molecule has 7 nitrogen and oxygen atoms in total. The molecule has 2 aliphatic rings. The molecule has 2 saturated heterocycles. The van der Waals surface area contributed by atoms with Gasteiger partial charge in [-0.3, -0.25) is 5.41 Å². The Hall–Kier alpha value is -3.86. The van der Waals surface area contributed by atoms with Crippen LogP contribution in [0.4, 0.5) is 0 Å². The van der Waals surface area contributed by atoms with E-state index >= 15 is 0 Å². The predicted octanol–water partition coefficient (Wildman–Crippen LogP) is 5.23. The Morgan fingerprint density at radius 3 is 2.31 bits per heavy atom. The molecule has 2 heterocycles. The SMILES string of the molecule is CCCC1C2(C)OC(=N)C1(C#N)C(C#N)(C#N)C(c1cccc(Oc3ccccc3)c1)O2. The van der Waals surface area contributed by atoms with Crippen molar-refractivity contribution in [3.05, 3.63) is 60.2 Å². The number of para-hydroxylation sites is 1. The van der Waals surface area contributed by atoms with Crippen LogP contribution in [0.15, 0.2) is 54.6 Å². The summed E-state index contributed by atoms with van der Waals surface area (Å²) in [6.45, 7) is 3.62. The van der Waals surface area contributed by atoms with Crippen LogP contribution in [0.2, 0.25) is 0 Å². The minimum Gasteiger partial charge on any atom is -0.457 e. The second kappa shape index (κ2) is 7.68. The highest BCUT2D eigenvalue weighted by molar-refractivity contribution is 5.89. The number of fused-ring (bicyclic) bond motifs is 2. The molecule has 4 unspecified atom stereocenters. The van der Waals surface area contributed by atoms with Gasteiger partial charge in [0.2, 0.25) is 17.1 Å². The first kappa shape index (κ1) is 21.4. The van der Waals surface area contributed by atoms with Gasteiger partial charge in [0.25, 0.3) is 0 Å². The number of benzene rings is 2. The molecule has 2 aromatic rings. The number of nitriles is 3. The lowest BCUT2D eigenvalue weighted by Gasteiger charge is -2.48. The topological polar surface area (TPSA) is 123 Å². The Bertz CT molecular complexity index is 1160. The lowest BCUT2D eigenvalue weighted by Crippen LogP contribution is -2.58. The molecule has 2 aliphatic heterocycles. The number of nitrogens with one attached hydrogen (secondary N) is 1. The molecule has 7 heteroatoms. The molecule has 1 N–H and O–H groups in total. The highest BCUT2D eigenvalue weighted by Crippen LogP contribution is 2.67. The molecule has 2 fully saturated rings. The average molecular weight is 426 g/mol. The van der Waals surface area contributed by atoms with E-state index in [1.807, 2.05) is 37.3 Å². The van der Waals surface area contributed by atoms with Crippen molar-refractivity contribution < 1.29 is 14.2 Å². The summed E-state index contributed by atoms with van der Waals surface area (Å²) in [5.41, 5.74) is -3.22. The highest BCUT2D eigenvalue weighted by atomic mass is 16.7. The van der Waals surface area contributed by atoms with E-state index in [0.717, 1.165) is 0 Å². The lowest BCUT2D eigenvalue weighted by molar-refractivity contribution is -0.274. The zero-order chi connectivity index (χ0) is 23.0. The number of nitrogens with zero attached hydrogens (tertiary/aromatic N) is 3. The molecule has 2 bridgehead atoms. The smallest absolute Gasteiger partial charge is 0.214 e. The van der Waals surface area contributed by atoms with E-state index < -0.39 is 28.6 Å². The van der Waals surface area contributed by atoms with Crippen LogP contribution in [0.1, 0.15) is 38.4 Å². The summed E-state index contributed by atoms with van der Waals surface area (Å²) in [5, 5.41) is 39.4. The zero-order valence-corrected chi connectivity index (χ0v) is 17.8. The Kier molecular flexibility index (Phi) is 5.13. The summed E-state index contributed by atoms with van der Waals surface area (Å²) in [6, 6.07) is 22.4. The van der Waals surface area contributed by atoms with Crippen LogP contribution >= 0.6 is 0 Å². The fourth-order valence-electron chi connectivity index (χ4n) is 4.98. The molecule has 0 radical (unpaired) electrons. The van der Waals surface area contributed by atoms with Crippen LogP contribution in [0.3, 0.4) is 0 Å². The second-order valence-electron chi connectivity index (χ2n) is 8.23. The molecule has 2 aromatic carbocycles. The van der Waals surface area contributed by atoms with Crippen LogP contribution in [0.25, 0.3) is 0 Å². The predicted molar refractivity (Wildman–Crippen MR) is 114 cm³/mol. The Labute approximate surface area is 186 Å². The first-order valence-electron chi connectivity index (χ1n) is 10.4. The lowest BCUT2D eigenvalue weighted by atomic mass is 9.53. The normalized spacial score (nSPS) is 29.8. The standard InChI is InChI=1S/C25H22N4O3/c1-3-8-20-23(2)31-21(24(14-26,15-27)25(20,16-28)22(29)32-23)17-9-7-12-19(13-17)30-18-10-5-4-6-11-18/h4-7,9-13,20-21,29H,3,8H2,1-2H3. The molecule has 0 saturated carbocycles. The Morgan fingerprint density at radius 2 is 1.69 bits per heavy atom. The fourth-order valence-corrected chi connectivity index (χ4v) is 4.98. The van der Waals surface area contributed by atoms with Crippen LogP contribution in [-0.2, 0) is 9.47 Å². The monoisotopic (exact) mass is 426 g/mol. The molecule has 0 spiro atoms. The average Bonchev–Trinajstić information content (AvgIpc) is 2.97. The van der Waals surface area contributed by atoms with Crippen LogP contribution in [0, 0.1) is 56.2 Å². The van der Waals surface area contributed by atoms with Crippen LogP contribution in [0.5, 0.6) is 11.5 Å². The molecule has 0 aliphatic carbocycles. The third kappa shape index (κ3) is 2.78. The largest absolute Gasteiger partial charge is 0.457 e. The Morgan fingerprint density at radius 1 is 1.00 bits per heavy atom. The van der Waals surface area contributed by atoms with Gasteiger partial charge < -0.3 is 14.2 Å². The number of hydrogen-bond donors (Lipinski definition) is 1. The van der Waals surface area contributed by atoms with Gasteiger partial charge >= 0.3 is 0 Å². The zero-order valence-electron chi connectivity index (χ0n) is 17.8. The Balaban J connectivity index is 1.85. The van der Waals surface area contributed by atoms with Crippen LogP contribution < -0.4 is 4.74 Å². The fraction of sp³-hybridized carbons (Fsp3) is 0.360. The molecular weight excluding hydrogens is 404 g/mol. The summed E-state index contributed by atoms with van der Waals surface area (Å²) >= 11 is 0. The molecule has 0 amide bonds. The maximum Gasteiger partial charge on any atom is 0.214 e. The van der Waals surface area contributed by atoms with Crippen molar-refractivity contribution >= 4 is 5.90 Å². The third-order valence-electron chi connectivity index (χ3n) is 6.43. The number of hydrogen-bond acceptors (Lipinski definition) is 7. The van der Waals surface area contributed by atoms with Crippen molar-refractivity contribution in [1.29, 1.82) is 21.2 Å².